The third-order valence-corrected chi connectivity index (χ3v) is 9.70. The second-order valence-corrected chi connectivity index (χ2v) is 12.3. The fourth-order valence-corrected chi connectivity index (χ4v) is 7.41. The molecule has 44 heavy (non-hydrogen) atoms. The number of carboxylic acids is 1. The highest BCUT2D eigenvalue weighted by Gasteiger charge is 2.36. The molecule has 2 aliphatic heterocycles. The van der Waals surface area contributed by atoms with E-state index in [0.29, 0.717) is 25.2 Å². The van der Waals surface area contributed by atoms with E-state index in [2.05, 4.69) is 17.0 Å². The molecule has 2 saturated heterocycles. The maximum Gasteiger partial charge on any atom is 0.326 e. The number of carbonyl (C=O) groups excluding carboxylic acids is 1. The molecule has 1 aromatic heterocycles. The molecule has 8 nitrogen and oxygen atoms in total. The predicted molar refractivity (Wildman–Crippen MR) is 174 cm³/mol. The van der Waals surface area contributed by atoms with E-state index in [1.807, 2.05) is 36.4 Å². The average molecular weight is 637 g/mol. The quantitative estimate of drug-likeness (QED) is 0.198. The van der Waals surface area contributed by atoms with Crippen LogP contribution in [0.15, 0.2) is 60.7 Å². The molecule has 10 heteroatoms. The number of benzene rings is 3. The summed E-state index contributed by atoms with van der Waals surface area (Å²) in [4.78, 5) is 29.1. The number of likely N-dealkylation sites (tertiary alicyclic amines) is 2. The number of ether oxygens (including phenoxy) is 2. The number of carboxylic acid groups (broad SMARTS) is 1. The number of fused-ring (bicyclic) bond motifs is 1. The van der Waals surface area contributed by atoms with Gasteiger partial charge in [-0.3, -0.25) is 9.69 Å². The molecular weight excluding hydrogens is 600 g/mol. The lowest BCUT2D eigenvalue weighted by Crippen LogP contribution is -2.38. The van der Waals surface area contributed by atoms with E-state index < -0.39 is 12.0 Å². The zero-order chi connectivity index (χ0) is 29.9. The molecule has 1 amide bonds. The van der Waals surface area contributed by atoms with Gasteiger partial charge in [0.05, 0.1) is 13.7 Å². The molecule has 0 unspecified atom stereocenters. The maximum atomic E-state index is 12.4. The summed E-state index contributed by atoms with van der Waals surface area (Å²) in [5, 5.41) is 20.8. The van der Waals surface area contributed by atoms with Crippen LogP contribution in [0.3, 0.4) is 0 Å². The normalized spacial score (nSPS) is 16.8. The zero-order valence-corrected chi connectivity index (χ0v) is 26.3. The van der Waals surface area contributed by atoms with Gasteiger partial charge in [-0.05, 0) is 109 Å². The number of amides is 1. The van der Waals surface area contributed by atoms with Gasteiger partial charge in [0.25, 0.3) is 0 Å². The van der Waals surface area contributed by atoms with Gasteiger partial charge in [-0.1, -0.05) is 12.1 Å². The van der Waals surface area contributed by atoms with Gasteiger partial charge in [0.15, 0.2) is 0 Å². The number of nitrogens with zero attached hydrogens (tertiary/aromatic N) is 2. The molecule has 0 bridgehead atoms. The number of halogens is 1. The van der Waals surface area contributed by atoms with Gasteiger partial charge in [0, 0.05) is 28.1 Å². The molecule has 6 rings (SSSR count). The second kappa shape index (κ2) is 13.9. The van der Waals surface area contributed by atoms with E-state index >= 15 is 0 Å². The minimum absolute atomic E-state index is 0. The molecule has 0 spiro atoms. The van der Waals surface area contributed by atoms with E-state index in [1.165, 1.54) is 17.7 Å². The van der Waals surface area contributed by atoms with E-state index in [1.54, 1.807) is 30.6 Å². The topological polar surface area (TPSA) is 99.5 Å². The third kappa shape index (κ3) is 6.80. The number of rotatable bonds is 11. The van der Waals surface area contributed by atoms with Gasteiger partial charge in [0.2, 0.25) is 5.91 Å². The number of carbonyl (C=O) groups is 2. The van der Waals surface area contributed by atoms with Crippen molar-refractivity contribution in [1.29, 1.82) is 0 Å². The van der Waals surface area contributed by atoms with Gasteiger partial charge in [-0.25, -0.2) is 4.79 Å². The van der Waals surface area contributed by atoms with Crippen molar-refractivity contribution in [3.8, 4) is 27.7 Å². The lowest BCUT2D eigenvalue weighted by molar-refractivity contribution is -0.146. The van der Waals surface area contributed by atoms with Gasteiger partial charge < -0.3 is 24.6 Å². The number of methoxy groups -OCH3 is 1. The fraction of sp³-hybridized carbons (Fsp3) is 0.353. The smallest absolute Gasteiger partial charge is 0.326 e. The molecule has 2 N–H and O–H groups in total. The highest BCUT2D eigenvalue weighted by molar-refractivity contribution is 7.22. The number of hydrogen-bond donors (Lipinski definition) is 2. The number of thiophene rings is 1. The molecule has 2 aliphatic rings. The van der Waals surface area contributed by atoms with Crippen LogP contribution in [-0.4, -0.2) is 71.3 Å². The summed E-state index contributed by atoms with van der Waals surface area (Å²) >= 11 is 1.65. The minimum atomic E-state index is -0.981. The number of aromatic hydroxyl groups is 1. The lowest BCUT2D eigenvalue weighted by Gasteiger charge is -2.23. The predicted octanol–water partition coefficient (Wildman–Crippen LogP) is 6.35. The summed E-state index contributed by atoms with van der Waals surface area (Å²) in [6.45, 7) is 4.13. The van der Waals surface area contributed by atoms with Crippen molar-refractivity contribution < 1.29 is 29.3 Å². The van der Waals surface area contributed by atoms with E-state index in [-0.39, 0.29) is 37.0 Å². The van der Waals surface area contributed by atoms with E-state index in [9.17, 15) is 19.8 Å². The van der Waals surface area contributed by atoms with Crippen molar-refractivity contribution in [2.45, 2.75) is 44.7 Å². The Bertz CT molecular complexity index is 1630. The van der Waals surface area contributed by atoms with Gasteiger partial charge in [-0.15, -0.1) is 23.7 Å². The first-order valence-electron chi connectivity index (χ1n) is 14.8. The van der Waals surface area contributed by atoms with Crippen LogP contribution in [0.1, 0.15) is 42.4 Å². The second-order valence-electron chi connectivity index (χ2n) is 11.2. The highest BCUT2D eigenvalue weighted by atomic mass is 35.5. The van der Waals surface area contributed by atoms with Crippen LogP contribution in [0.25, 0.3) is 20.5 Å². The van der Waals surface area contributed by atoms with Crippen molar-refractivity contribution in [2.75, 3.05) is 33.4 Å². The summed E-state index contributed by atoms with van der Waals surface area (Å²) in [6, 6.07) is 18.8. The largest absolute Gasteiger partial charge is 0.508 e. The Morgan fingerprint density at radius 2 is 1.82 bits per heavy atom. The SMILES string of the molecule is COc1cc(Cc2c(-c3ccc(OCCN4CCCC4)cc3)sc3cc(O)ccc23)ccc1CN1C(=O)CC[C@H]1C(=O)O.Cl. The van der Waals surface area contributed by atoms with Gasteiger partial charge in [-0.2, -0.15) is 0 Å². The Balaban J connectivity index is 0.00000384. The molecular formula is C34H37ClN2O6S. The van der Waals surface area contributed by atoms with Crippen LogP contribution in [-0.2, 0) is 22.6 Å². The van der Waals surface area contributed by atoms with Crippen LogP contribution in [0.4, 0.5) is 0 Å². The van der Waals surface area contributed by atoms with Crippen LogP contribution >= 0.6 is 23.7 Å². The Hall–Kier alpha value is -3.79. The van der Waals surface area contributed by atoms with E-state index in [0.717, 1.165) is 62.6 Å². The van der Waals surface area contributed by atoms with Crippen molar-refractivity contribution in [3.05, 3.63) is 77.4 Å². The standard InChI is InChI=1S/C34H36N2O6S.ClH/c1-41-30-19-22(4-5-24(30)21-36-29(34(39)40)12-13-32(36)38)18-28-27-11-8-25(37)20-31(27)43-33(28)23-6-9-26(10-7-23)42-17-16-35-14-2-3-15-35;/h4-11,19-20,29,37H,2-3,12-18,21H2,1H3,(H,39,40);1H/t29-;/m0./s1. The van der Waals surface area contributed by atoms with Crippen molar-refractivity contribution in [1.82, 2.24) is 9.80 Å². The minimum Gasteiger partial charge on any atom is -0.508 e. The summed E-state index contributed by atoms with van der Waals surface area (Å²) in [7, 11) is 1.59. The Labute approximate surface area is 267 Å². The summed E-state index contributed by atoms with van der Waals surface area (Å²) < 4.78 is 12.7. The first-order chi connectivity index (χ1) is 20.9. The Morgan fingerprint density at radius 1 is 1.05 bits per heavy atom. The monoisotopic (exact) mass is 636 g/mol. The fourth-order valence-electron chi connectivity index (χ4n) is 6.15. The molecule has 0 aliphatic carbocycles. The molecule has 2 fully saturated rings. The summed E-state index contributed by atoms with van der Waals surface area (Å²) in [5.41, 5.74) is 4.03. The van der Waals surface area contributed by atoms with Crippen molar-refractivity contribution >= 4 is 45.7 Å². The van der Waals surface area contributed by atoms with Gasteiger partial charge >= 0.3 is 5.97 Å². The van der Waals surface area contributed by atoms with Crippen LogP contribution in [0.2, 0.25) is 0 Å². The number of phenolic OH excluding ortho intramolecular Hbond substituents is 1. The number of phenols is 1. The first kappa shape index (κ1) is 31.6. The molecule has 1 atom stereocenters. The van der Waals surface area contributed by atoms with Crippen LogP contribution in [0, 0.1) is 0 Å². The zero-order valence-electron chi connectivity index (χ0n) is 24.7. The number of aliphatic carboxylic acids is 1. The lowest BCUT2D eigenvalue weighted by atomic mass is 9.97. The number of hydrogen-bond acceptors (Lipinski definition) is 7. The molecule has 0 radical (unpaired) electrons. The molecule has 4 aromatic rings. The molecule has 3 aromatic carbocycles. The first-order valence-corrected chi connectivity index (χ1v) is 15.6. The Morgan fingerprint density at radius 3 is 2.55 bits per heavy atom. The van der Waals surface area contributed by atoms with Gasteiger partial charge in [0.1, 0.15) is 29.9 Å². The summed E-state index contributed by atoms with van der Waals surface area (Å²) in [5.74, 6) is 0.571. The van der Waals surface area contributed by atoms with Crippen LogP contribution < -0.4 is 9.47 Å². The van der Waals surface area contributed by atoms with E-state index in [4.69, 9.17) is 9.47 Å². The van der Waals surface area contributed by atoms with Crippen LogP contribution in [0.5, 0.6) is 17.2 Å². The van der Waals surface area contributed by atoms with Crippen molar-refractivity contribution in [2.24, 2.45) is 0 Å². The molecule has 232 valence electrons. The Kier molecular flexibility index (Phi) is 9.98. The third-order valence-electron chi connectivity index (χ3n) is 8.45. The molecule has 0 saturated carbocycles. The highest BCUT2D eigenvalue weighted by Crippen LogP contribution is 2.42. The maximum absolute atomic E-state index is 12.4. The van der Waals surface area contributed by atoms with Crippen molar-refractivity contribution in [3.63, 3.8) is 0 Å². The summed E-state index contributed by atoms with van der Waals surface area (Å²) in [6.07, 6.45) is 3.74. The molecule has 3 heterocycles. The average Bonchev–Trinajstić information content (AvgIpc) is 3.74.